The fourth-order valence-corrected chi connectivity index (χ4v) is 1.65. The summed E-state index contributed by atoms with van der Waals surface area (Å²) in [5, 5.41) is 3.81. The molecule has 0 unspecified atom stereocenters. The van der Waals surface area contributed by atoms with Crippen LogP contribution in [0.5, 0.6) is 0 Å². The molecule has 1 aromatic heterocycles. The molecule has 4 heteroatoms. The van der Waals surface area contributed by atoms with Crippen LogP contribution in [0.1, 0.15) is 11.1 Å². The van der Waals surface area contributed by atoms with Crippen molar-refractivity contribution in [3.8, 4) is 0 Å². The summed E-state index contributed by atoms with van der Waals surface area (Å²) >= 11 is 5.86. The van der Waals surface area contributed by atoms with Crippen molar-refractivity contribution >= 4 is 23.0 Å². The predicted octanol–water partition coefficient (Wildman–Crippen LogP) is 3.24. The summed E-state index contributed by atoms with van der Waals surface area (Å²) in [5.41, 5.74) is 9.62. The van der Waals surface area contributed by atoms with Crippen molar-refractivity contribution in [2.24, 2.45) is 0 Å². The first-order valence-electron chi connectivity index (χ1n) is 5.36. The van der Waals surface area contributed by atoms with Crippen molar-refractivity contribution < 1.29 is 0 Å². The summed E-state index contributed by atoms with van der Waals surface area (Å²) in [7, 11) is 0. The van der Waals surface area contributed by atoms with Crippen LogP contribution in [0.2, 0.25) is 5.15 Å². The van der Waals surface area contributed by atoms with Gasteiger partial charge in [-0.2, -0.15) is 0 Å². The second-order valence-electron chi connectivity index (χ2n) is 3.88. The predicted molar refractivity (Wildman–Crippen MR) is 72.2 cm³/mol. The Balaban J connectivity index is 2.08. The number of rotatable bonds is 3. The van der Waals surface area contributed by atoms with Gasteiger partial charge in [-0.15, -0.1) is 0 Å². The molecule has 2 aromatic rings. The summed E-state index contributed by atoms with van der Waals surface area (Å²) < 4.78 is 0. The maximum Gasteiger partial charge on any atom is 0.132 e. The summed E-state index contributed by atoms with van der Waals surface area (Å²) in [6.45, 7) is 2.60. The van der Waals surface area contributed by atoms with Crippen LogP contribution < -0.4 is 11.1 Å². The number of nitrogens with zero attached hydrogens (tertiary/aromatic N) is 1. The lowest BCUT2D eigenvalue weighted by Gasteiger charge is -2.09. The second kappa shape index (κ2) is 5.06. The molecule has 0 saturated carbocycles. The van der Waals surface area contributed by atoms with Gasteiger partial charge in [-0.25, -0.2) is 4.98 Å². The monoisotopic (exact) mass is 247 g/mol. The Labute approximate surface area is 106 Å². The van der Waals surface area contributed by atoms with Crippen molar-refractivity contribution in [1.29, 1.82) is 0 Å². The van der Waals surface area contributed by atoms with Gasteiger partial charge < -0.3 is 11.1 Å². The topological polar surface area (TPSA) is 50.9 Å². The molecule has 0 bridgehead atoms. The molecule has 0 aliphatic heterocycles. The summed E-state index contributed by atoms with van der Waals surface area (Å²) in [6.07, 6.45) is 1.72. The highest BCUT2D eigenvalue weighted by molar-refractivity contribution is 6.30. The molecule has 0 radical (unpaired) electrons. The fourth-order valence-electron chi connectivity index (χ4n) is 1.55. The van der Waals surface area contributed by atoms with Crippen molar-refractivity contribution in [2.75, 3.05) is 11.1 Å². The van der Waals surface area contributed by atoms with E-state index in [1.54, 1.807) is 6.20 Å². The highest BCUT2D eigenvalue weighted by Crippen LogP contribution is 2.18. The lowest BCUT2D eigenvalue weighted by atomic mass is 10.2. The summed E-state index contributed by atoms with van der Waals surface area (Å²) in [4.78, 5) is 4.09. The van der Waals surface area contributed by atoms with Crippen LogP contribution in [-0.4, -0.2) is 4.98 Å². The van der Waals surface area contributed by atoms with Gasteiger partial charge in [0.25, 0.3) is 0 Å². The molecule has 0 aliphatic rings. The van der Waals surface area contributed by atoms with Crippen LogP contribution >= 0.6 is 11.6 Å². The van der Waals surface area contributed by atoms with Crippen LogP contribution in [-0.2, 0) is 6.54 Å². The third kappa shape index (κ3) is 2.88. The molecule has 0 spiro atoms. The molecule has 1 aromatic carbocycles. The van der Waals surface area contributed by atoms with Gasteiger partial charge in [0.1, 0.15) is 5.15 Å². The molecule has 0 amide bonds. The SMILES string of the molecule is Cc1cc(NCc2ccccc2N)cnc1Cl. The third-order valence-corrected chi connectivity index (χ3v) is 2.95. The van der Waals surface area contributed by atoms with Crippen LogP contribution in [0.25, 0.3) is 0 Å². The standard InChI is InChI=1S/C13H14ClN3/c1-9-6-11(8-17-13(9)14)16-7-10-4-2-3-5-12(10)15/h2-6,8,16H,7,15H2,1H3. The number of nitrogens with two attached hydrogens (primary N) is 1. The Morgan fingerprint density at radius 2 is 2.12 bits per heavy atom. The van der Waals surface area contributed by atoms with Crippen molar-refractivity contribution in [2.45, 2.75) is 13.5 Å². The van der Waals surface area contributed by atoms with Gasteiger partial charge in [-0.05, 0) is 30.2 Å². The normalized spacial score (nSPS) is 10.2. The van der Waals surface area contributed by atoms with Gasteiger partial charge in [0.2, 0.25) is 0 Å². The third-order valence-electron chi connectivity index (χ3n) is 2.55. The van der Waals surface area contributed by atoms with Gasteiger partial charge in [0.15, 0.2) is 0 Å². The Bertz CT molecular complexity index is 526. The molecular weight excluding hydrogens is 234 g/mol. The molecule has 17 heavy (non-hydrogen) atoms. The van der Waals surface area contributed by atoms with Gasteiger partial charge in [0.05, 0.1) is 11.9 Å². The highest BCUT2D eigenvalue weighted by atomic mass is 35.5. The number of hydrogen-bond donors (Lipinski definition) is 2. The molecule has 3 nitrogen and oxygen atoms in total. The summed E-state index contributed by atoms with van der Waals surface area (Å²) in [5.74, 6) is 0. The Morgan fingerprint density at radius 1 is 1.35 bits per heavy atom. The second-order valence-corrected chi connectivity index (χ2v) is 4.24. The number of nitrogen functional groups attached to an aromatic ring is 1. The minimum absolute atomic E-state index is 0.537. The zero-order valence-corrected chi connectivity index (χ0v) is 10.3. The molecule has 0 fully saturated rings. The van der Waals surface area contributed by atoms with E-state index in [0.717, 1.165) is 22.5 Å². The van der Waals surface area contributed by atoms with Gasteiger partial charge in [0, 0.05) is 12.2 Å². The molecular formula is C13H14ClN3. The quantitative estimate of drug-likeness (QED) is 0.647. The fraction of sp³-hybridized carbons (Fsp3) is 0.154. The van der Waals surface area contributed by atoms with Crippen molar-refractivity contribution in [3.63, 3.8) is 0 Å². The maximum absolute atomic E-state index is 5.86. The number of para-hydroxylation sites is 1. The van der Waals surface area contributed by atoms with Gasteiger partial charge in [-0.1, -0.05) is 29.8 Å². The number of anilines is 2. The van der Waals surface area contributed by atoms with Gasteiger partial charge >= 0.3 is 0 Å². The van der Waals surface area contributed by atoms with Gasteiger partial charge in [-0.3, -0.25) is 0 Å². The first-order chi connectivity index (χ1) is 8.16. The Kier molecular flexibility index (Phi) is 3.49. The number of nitrogens with one attached hydrogen (secondary N) is 1. The lowest BCUT2D eigenvalue weighted by molar-refractivity contribution is 1.13. The van der Waals surface area contributed by atoms with E-state index in [-0.39, 0.29) is 0 Å². The largest absolute Gasteiger partial charge is 0.398 e. The molecule has 3 N–H and O–H groups in total. The van der Waals surface area contributed by atoms with E-state index < -0.39 is 0 Å². The average molecular weight is 248 g/mol. The van der Waals surface area contributed by atoms with Crippen LogP contribution in [0.15, 0.2) is 36.5 Å². The molecule has 0 atom stereocenters. The zero-order chi connectivity index (χ0) is 12.3. The zero-order valence-electron chi connectivity index (χ0n) is 9.57. The van der Waals surface area contributed by atoms with E-state index in [9.17, 15) is 0 Å². The van der Waals surface area contributed by atoms with Crippen molar-refractivity contribution in [1.82, 2.24) is 4.98 Å². The minimum Gasteiger partial charge on any atom is -0.398 e. The number of pyridine rings is 1. The highest BCUT2D eigenvalue weighted by Gasteiger charge is 2.00. The molecule has 2 rings (SSSR count). The number of benzene rings is 1. The number of hydrogen-bond acceptors (Lipinski definition) is 3. The molecule has 88 valence electrons. The van der Waals surface area contributed by atoms with Crippen LogP contribution in [0, 0.1) is 6.92 Å². The van der Waals surface area contributed by atoms with Crippen LogP contribution in [0.4, 0.5) is 11.4 Å². The minimum atomic E-state index is 0.537. The Hall–Kier alpha value is -1.74. The average Bonchev–Trinajstić information content (AvgIpc) is 2.32. The van der Waals surface area contributed by atoms with E-state index in [1.807, 2.05) is 37.3 Å². The molecule has 0 saturated heterocycles. The number of aromatic nitrogens is 1. The smallest absolute Gasteiger partial charge is 0.132 e. The summed E-state index contributed by atoms with van der Waals surface area (Å²) in [6, 6.07) is 9.75. The first kappa shape index (κ1) is 11.7. The molecule has 0 aliphatic carbocycles. The first-order valence-corrected chi connectivity index (χ1v) is 5.74. The lowest BCUT2D eigenvalue weighted by Crippen LogP contribution is -2.03. The van der Waals surface area contributed by atoms with E-state index in [4.69, 9.17) is 17.3 Å². The van der Waals surface area contributed by atoms with Crippen molar-refractivity contribution in [3.05, 3.63) is 52.8 Å². The van der Waals surface area contributed by atoms with E-state index in [0.29, 0.717) is 11.7 Å². The number of halogens is 1. The van der Waals surface area contributed by atoms with Crippen LogP contribution in [0.3, 0.4) is 0 Å². The van der Waals surface area contributed by atoms with E-state index in [2.05, 4.69) is 10.3 Å². The molecule has 1 heterocycles. The van der Waals surface area contributed by atoms with E-state index in [1.165, 1.54) is 0 Å². The number of aryl methyl sites for hydroxylation is 1. The Morgan fingerprint density at radius 3 is 2.82 bits per heavy atom. The van der Waals surface area contributed by atoms with E-state index >= 15 is 0 Å². The maximum atomic E-state index is 5.86.